The predicted octanol–water partition coefficient (Wildman–Crippen LogP) is 7.53. The summed E-state index contributed by atoms with van der Waals surface area (Å²) in [6.07, 6.45) is 0.870. The molecule has 0 aliphatic heterocycles. The molecule has 2 atom stereocenters. The zero-order valence-electron chi connectivity index (χ0n) is 21.9. The molecule has 194 valence electrons. The van der Waals surface area contributed by atoms with Crippen molar-refractivity contribution in [2.75, 3.05) is 0 Å². The summed E-state index contributed by atoms with van der Waals surface area (Å²) in [5.74, 6) is -0.240. The molecule has 5 aromatic carbocycles. The van der Waals surface area contributed by atoms with Gasteiger partial charge in [-0.15, -0.1) is 0 Å². The highest BCUT2D eigenvalue weighted by Crippen LogP contribution is 2.50. The highest BCUT2D eigenvalue weighted by atomic mass is 32.2. The van der Waals surface area contributed by atoms with E-state index in [1.807, 2.05) is 67.6 Å². The monoisotopic (exact) mass is 529 g/mol. The highest BCUT2D eigenvalue weighted by molar-refractivity contribution is 7.89. The molecule has 5 aromatic rings. The molecule has 0 saturated carbocycles. The summed E-state index contributed by atoms with van der Waals surface area (Å²) in [4.78, 5) is 0.269. The average molecular weight is 530 g/mol. The van der Waals surface area contributed by atoms with Gasteiger partial charge < -0.3 is 0 Å². The van der Waals surface area contributed by atoms with Crippen LogP contribution in [0.3, 0.4) is 0 Å². The first-order chi connectivity index (χ1) is 19.0. The number of sulfonamides is 1. The normalized spacial score (nSPS) is 14.7. The first kappa shape index (κ1) is 25.3. The second-order valence-electron chi connectivity index (χ2n) is 10.3. The Morgan fingerprint density at radius 3 is 1.67 bits per heavy atom. The second kappa shape index (κ2) is 10.6. The van der Waals surface area contributed by atoms with E-state index >= 15 is 0 Å². The summed E-state index contributed by atoms with van der Waals surface area (Å²) in [5, 5.41) is 0. The van der Waals surface area contributed by atoms with Gasteiger partial charge in [0, 0.05) is 11.8 Å². The van der Waals surface area contributed by atoms with E-state index in [0.29, 0.717) is 0 Å². The number of rotatable bonds is 7. The van der Waals surface area contributed by atoms with Gasteiger partial charge in [-0.05, 0) is 58.9 Å². The van der Waals surface area contributed by atoms with Gasteiger partial charge in [0.25, 0.3) is 0 Å². The molecular formula is C35H31NO2S. The topological polar surface area (TPSA) is 46.2 Å². The molecule has 0 aromatic heterocycles. The summed E-state index contributed by atoms with van der Waals surface area (Å²) in [7, 11) is -3.82. The van der Waals surface area contributed by atoms with Crippen molar-refractivity contribution < 1.29 is 8.42 Å². The zero-order valence-corrected chi connectivity index (χ0v) is 22.7. The zero-order chi connectivity index (χ0) is 26.8. The summed E-state index contributed by atoms with van der Waals surface area (Å²) < 4.78 is 31.0. The molecule has 3 nitrogen and oxygen atoms in total. The predicted molar refractivity (Wildman–Crippen MR) is 157 cm³/mol. The van der Waals surface area contributed by atoms with Crippen molar-refractivity contribution in [3.05, 3.63) is 172 Å². The quantitative estimate of drug-likeness (QED) is 0.237. The standard InChI is InChI=1S/C35H31NO2S/c1-25-20-22-30(23-21-25)39(37,38)36-35(27-14-6-3-7-15-27)33(26-12-4-2-5-13-26)34-31-18-10-8-16-28(31)24-29-17-9-11-19-32(29)34/h2-23,33-36H,24H2,1H3/t33-,35-/m1/s1. The van der Waals surface area contributed by atoms with Crippen molar-refractivity contribution in [2.45, 2.75) is 36.1 Å². The number of aryl methyl sites for hydroxylation is 1. The second-order valence-corrected chi connectivity index (χ2v) is 12.0. The Morgan fingerprint density at radius 2 is 1.10 bits per heavy atom. The van der Waals surface area contributed by atoms with Crippen LogP contribution in [0.15, 0.2) is 138 Å². The molecule has 4 heteroatoms. The van der Waals surface area contributed by atoms with E-state index in [4.69, 9.17) is 0 Å². The SMILES string of the molecule is Cc1ccc(S(=O)(=O)N[C@H](c2ccccc2)[C@H](c2ccccc2)C2c3ccccc3Cc3ccccc32)cc1. The highest BCUT2D eigenvalue weighted by Gasteiger charge is 2.39. The van der Waals surface area contributed by atoms with Crippen molar-refractivity contribution in [3.8, 4) is 0 Å². The lowest BCUT2D eigenvalue weighted by atomic mass is 9.67. The Morgan fingerprint density at radius 1 is 0.615 bits per heavy atom. The number of fused-ring (bicyclic) bond motifs is 2. The first-order valence-electron chi connectivity index (χ1n) is 13.4. The van der Waals surface area contributed by atoms with Crippen LogP contribution in [0, 0.1) is 6.92 Å². The summed E-state index contributed by atoms with van der Waals surface area (Å²) in [5.41, 5.74) is 8.12. The van der Waals surface area contributed by atoms with E-state index in [1.54, 1.807) is 12.1 Å². The van der Waals surface area contributed by atoms with Gasteiger partial charge in [-0.2, -0.15) is 0 Å². The van der Waals surface area contributed by atoms with Crippen LogP contribution in [0.25, 0.3) is 0 Å². The van der Waals surface area contributed by atoms with Gasteiger partial charge >= 0.3 is 0 Å². The van der Waals surface area contributed by atoms with Gasteiger partial charge in [0.1, 0.15) is 0 Å². The Hall–Kier alpha value is -3.99. The third kappa shape index (κ3) is 5.06. The third-order valence-corrected chi connectivity index (χ3v) is 9.29. The van der Waals surface area contributed by atoms with Crippen LogP contribution in [-0.4, -0.2) is 8.42 Å². The minimum absolute atomic E-state index is 0.0422. The van der Waals surface area contributed by atoms with Crippen LogP contribution in [0.4, 0.5) is 0 Å². The molecule has 0 amide bonds. The summed E-state index contributed by atoms with van der Waals surface area (Å²) >= 11 is 0. The fourth-order valence-corrected chi connectivity index (χ4v) is 7.22. The van der Waals surface area contributed by atoms with Gasteiger partial charge in [-0.25, -0.2) is 13.1 Å². The minimum Gasteiger partial charge on any atom is -0.207 e. The summed E-state index contributed by atoms with van der Waals surface area (Å²) in [6, 6.07) is 44.1. The molecule has 1 aliphatic carbocycles. The Bertz CT molecular complexity index is 1630. The molecule has 0 radical (unpaired) electrons. The Labute approximate surface area is 231 Å². The van der Waals surface area contributed by atoms with Crippen molar-refractivity contribution in [1.82, 2.24) is 4.72 Å². The smallest absolute Gasteiger partial charge is 0.207 e. The van der Waals surface area contributed by atoms with E-state index in [2.05, 4.69) is 65.4 Å². The van der Waals surface area contributed by atoms with Gasteiger partial charge in [0.05, 0.1) is 10.9 Å². The molecular weight excluding hydrogens is 498 g/mol. The first-order valence-corrected chi connectivity index (χ1v) is 14.8. The molecule has 1 aliphatic rings. The van der Waals surface area contributed by atoms with E-state index in [9.17, 15) is 8.42 Å². The Balaban J connectivity index is 1.58. The maximum atomic E-state index is 13.9. The van der Waals surface area contributed by atoms with E-state index in [0.717, 1.165) is 23.1 Å². The lowest BCUT2D eigenvalue weighted by Crippen LogP contribution is -2.36. The maximum absolute atomic E-state index is 13.9. The molecule has 0 bridgehead atoms. The van der Waals surface area contributed by atoms with E-state index < -0.39 is 16.1 Å². The molecule has 0 unspecified atom stereocenters. The van der Waals surface area contributed by atoms with Gasteiger partial charge in [0.2, 0.25) is 10.0 Å². The Kier molecular flexibility index (Phi) is 6.90. The maximum Gasteiger partial charge on any atom is 0.241 e. The van der Waals surface area contributed by atoms with E-state index in [1.165, 1.54) is 22.3 Å². The van der Waals surface area contributed by atoms with Crippen molar-refractivity contribution in [3.63, 3.8) is 0 Å². The van der Waals surface area contributed by atoms with Crippen LogP contribution in [0.1, 0.15) is 56.8 Å². The molecule has 0 fully saturated rings. The lowest BCUT2D eigenvalue weighted by Gasteiger charge is -2.39. The molecule has 6 rings (SSSR count). The average Bonchev–Trinajstić information content (AvgIpc) is 2.97. The summed E-state index contributed by atoms with van der Waals surface area (Å²) in [6.45, 7) is 1.96. The van der Waals surface area contributed by atoms with Crippen LogP contribution >= 0.6 is 0 Å². The largest absolute Gasteiger partial charge is 0.241 e. The molecule has 1 N–H and O–H groups in total. The number of hydrogen-bond acceptors (Lipinski definition) is 2. The van der Waals surface area contributed by atoms with Crippen LogP contribution in [0.2, 0.25) is 0 Å². The van der Waals surface area contributed by atoms with Crippen molar-refractivity contribution in [2.24, 2.45) is 0 Å². The fraction of sp³-hybridized carbons (Fsp3) is 0.143. The third-order valence-electron chi connectivity index (χ3n) is 7.84. The van der Waals surface area contributed by atoms with Crippen molar-refractivity contribution in [1.29, 1.82) is 0 Å². The molecule has 0 heterocycles. The number of hydrogen-bond donors (Lipinski definition) is 1. The molecule has 39 heavy (non-hydrogen) atoms. The van der Waals surface area contributed by atoms with Crippen LogP contribution < -0.4 is 4.72 Å². The van der Waals surface area contributed by atoms with E-state index in [-0.39, 0.29) is 16.7 Å². The van der Waals surface area contributed by atoms with Gasteiger partial charge in [0.15, 0.2) is 0 Å². The van der Waals surface area contributed by atoms with Crippen LogP contribution in [0.5, 0.6) is 0 Å². The minimum atomic E-state index is -3.82. The molecule has 0 spiro atoms. The van der Waals surface area contributed by atoms with Crippen molar-refractivity contribution >= 4 is 10.0 Å². The molecule has 0 saturated heterocycles. The number of nitrogens with one attached hydrogen (secondary N) is 1. The number of benzene rings is 5. The van der Waals surface area contributed by atoms with Gasteiger partial charge in [-0.1, -0.05) is 127 Å². The van der Waals surface area contributed by atoms with Crippen LogP contribution in [-0.2, 0) is 16.4 Å². The van der Waals surface area contributed by atoms with Gasteiger partial charge in [-0.3, -0.25) is 0 Å². The fourth-order valence-electron chi connectivity index (χ4n) is 5.97. The lowest BCUT2D eigenvalue weighted by molar-refractivity contribution is 0.454.